The number of ether oxygens (including phenoxy) is 2. The number of hydrogen-bond acceptors (Lipinski definition) is 3. The van der Waals surface area contributed by atoms with Crippen molar-refractivity contribution in [2.75, 3.05) is 6.79 Å². The Morgan fingerprint density at radius 1 is 1.36 bits per heavy atom. The molecule has 0 aromatic carbocycles. The maximum absolute atomic E-state index is 5.76. The summed E-state index contributed by atoms with van der Waals surface area (Å²) in [5.41, 5.74) is 0. The first kappa shape index (κ1) is 7.00. The molecule has 0 amide bonds. The van der Waals surface area contributed by atoms with Crippen LogP contribution in [0.2, 0.25) is 10.0 Å². The van der Waals surface area contributed by atoms with Crippen LogP contribution in [0.5, 0.6) is 11.6 Å². The quantitative estimate of drug-likeness (QED) is 0.630. The van der Waals surface area contributed by atoms with Crippen LogP contribution in [0, 0.1) is 0 Å². The Bertz CT molecular complexity index is 303. The van der Waals surface area contributed by atoms with Gasteiger partial charge in [-0.25, -0.2) is 4.98 Å². The molecule has 1 aliphatic rings. The number of halogens is 2. The van der Waals surface area contributed by atoms with E-state index in [1.165, 1.54) is 6.20 Å². The molecule has 0 radical (unpaired) electrons. The zero-order valence-electron chi connectivity index (χ0n) is 5.30. The highest BCUT2D eigenvalue weighted by atomic mass is 35.5. The minimum absolute atomic E-state index is 0.155. The monoisotopic (exact) mass is 191 g/mol. The minimum atomic E-state index is 0.155. The molecule has 0 saturated carbocycles. The van der Waals surface area contributed by atoms with Gasteiger partial charge in [0, 0.05) is 0 Å². The topological polar surface area (TPSA) is 31.4 Å². The second kappa shape index (κ2) is 2.43. The Kier molecular flexibility index (Phi) is 1.55. The molecule has 0 N–H and O–H groups in total. The molecule has 0 spiro atoms. The normalized spacial score (nSPS) is 13.6. The van der Waals surface area contributed by atoms with Crippen LogP contribution in [0.25, 0.3) is 0 Å². The average Bonchev–Trinajstić information content (AvgIpc) is 2.45. The van der Waals surface area contributed by atoms with E-state index in [2.05, 4.69) is 4.98 Å². The first-order valence-electron chi connectivity index (χ1n) is 2.88. The third-order valence-electron chi connectivity index (χ3n) is 1.30. The van der Waals surface area contributed by atoms with E-state index in [1.54, 1.807) is 0 Å². The zero-order chi connectivity index (χ0) is 7.84. The minimum Gasteiger partial charge on any atom is -0.450 e. The van der Waals surface area contributed by atoms with Crippen molar-refractivity contribution < 1.29 is 9.47 Å². The fourth-order valence-corrected chi connectivity index (χ4v) is 1.12. The van der Waals surface area contributed by atoms with Crippen LogP contribution in [0.1, 0.15) is 0 Å². The largest absolute Gasteiger partial charge is 0.450 e. The lowest BCUT2D eigenvalue weighted by molar-refractivity contribution is 0.171. The van der Waals surface area contributed by atoms with Crippen molar-refractivity contribution in [2.45, 2.75) is 0 Å². The van der Waals surface area contributed by atoms with E-state index < -0.39 is 0 Å². The maximum Gasteiger partial charge on any atom is 0.261 e. The van der Waals surface area contributed by atoms with Crippen LogP contribution in [-0.4, -0.2) is 11.8 Å². The Morgan fingerprint density at radius 2 is 2.18 bits per heavy atom. The molecule has 1 aliphatic heterocycles. The van der Waals surface area contributed by atoms with Gasteiger partial charge < -0.3 is 9.47 Å². The molecule has 2 rings (SSSR count). The molecule has 0 fully saturated rings. The molecule has 0 aliphatic carbocycles. The summed E-state index contributed by atoms with van der Waals surface area (Å²) in [4.78, 5) is 3.86. The number of aromatic nitrogens is 1. The Labute approximate surface area is 72.8 Å². The van der Waals surface area contributed by atoms with Crippen molar-refractivity contribution in [3.05, 3.63) is 16.2 Å². The average molecular weight is 192 g/mol. The molecule has 1 aromatic heterocycles. The van der Waals surface area contributed by atoms with Crippen molar-refractivity contribution in [1.82, 2.24) is 4.98 Å². The highest BCUT2D eigenvalue weighted by Gasteiger charge is 2.20. The summed E-state index contributed by atoms with van der Waals surface area (Å²) in [6.45, 7) is 0.155. The van der Waals surface area contributed by atoms with Gasteiger partial charge in [0.05, 0.1) is 11.2 Å². The summed E-state index contributed by atoms with van der Waals surface area (Å²) >= 11 is 11.4. The maximum atomic E-state index is 5.76. The second-order valence-electron chi connectivity index (χ2n) is 1.96. The number of nitrogens with zero attached hydrogens (tertiary/aromatic N) is 1. The summed E-state index contributed by atoms with van der Waals surface area (Å²) in [5.74, 6) is 0.832. The van der Waals surface area contributed by atoms with Crippen LogP contribution < -0.4 is 9.47 Å². The van der Waals surface area contributed by atoms with Crippen molar-refractivity contribution in [3.8, 4) is 11.6 Å². The van der Waals surface area contributed by atoms with Crippen LogP contribution in [0.15, 0.2) is 6.20 Å². The molecule has 2 heterocycles. The van der Waals surface area contributed by atoms with Gasteiger partial charge in [0.1, 0.15) is 5.02 Å². The first-order valence-corrected chi connectivity index (χ1v) is 3.64. The lowest BCUT2D eigenvalue weighted by atomic mass is 10.4. The summed E-state index contributed by atoms with van der Waals surface area (Å²) in [5, 5.41) is 0.727. The Balaban J connectivity index is 2.62. The number of hydrogen-bond donors (Lipinski definition) is 0. The molecule has 58 valence electrons. The van der Waals surface area contributed by atoms with Gasteiger partial charge >= 0.3 is 0 Å². The summed E-state index contributed by atoms with van der Waals surface area (Å²) in [6, 6.07) is 0. The van der Waals surface area contributed by atoms with Gasteiger partial charge in [-0.2, -0.15) is 0 Å². The fraction of sp³-hybridized carbons (Fsp3) is 0.167. The lowest BCUT2D eigenvalue weighted by Crippen LogP contribution is -1.93. The summed E-state index contributed by atoms with van der Waals surface area (Å²) < 4.78 is 9.97. The van der Waals surface area contributed by atoms with Crippen molar-refractivity contribution in [2.24, 2.45) is 0 Å². The van der Waals surface area contributed by atoms with Gasteiger partial charge in [0.2, 0.25) is 12.5 Å². The van der Waals surface area contributed by atoms with Crippen LogP contribution >= 0.6 is 23.2 Å². The van der Waals surface area contributed by atoms with E-state index >= 15 is 0 Å². The molecule has 5 heteroatoms. The first-order chi connectivity index (χ1) is 5.29. The summed E-state index contributed by atoms with van der Waals surface area (Å²) in [7, 11) is 0. The van der Waals surface area contributed by atoms with E-state index in [0.717, 1.165) is 0 Å². The molecule has 1 aromatic rings. The van der Waals surface area contributed by atoms with E-state index in [4.69, 9.17) is 32.7 Å². The lowest BCUT2D eigenvalue weighted by Gasteiger charge is -1.97. The highest BCUT2D eigenvalue weighted by molar-refractivity contribution is 6.43. The number of pyridine rings is 1. The smallest absolute Gasteiger partial charge is 0.261 e. The number of rotatable bonds is 0. The predicted octanol–water partition coefficient (Wildman–Crippen LogP) is 2.12. The van der Waals surface area contributed by atoms with E-state index in [0.29, 0.717) is 21.7 Å². The van der Waals surface area contributed by atoms with Crippen molar-refractivity contribution in [3.63, 3.8) is 0 Å². The fourth-order valence-electron chi connectivity index (χ4n) is 0.805. The number of fused-ring (bicyclic) bond motifs is 1. The molecular weight excluding hydrogens is 189 g/mol. The van der Waals surface area contributed by atoms with E-state index in [1.807, 2.05) is 0 Å². The standard InChI is InChI=1S/C6H3Cl2NO2/c7-3-1-9-6-5(4(3)8)10-2-11-6/h1H,2H2. The van der Waals surface area contributed by atoms with E-state index in [9.17, 15) is 0 Å². The molecule has 0 bridgehead atoms. The van der Waals surface area contributed by atoms with Gasteiger partial charge in [-0.15, -0.1) is 0 Å². The SMILES string of the molecule is Clc1cnc2c(c1Cl)OCO2. The van der Waals surface area contributed by atoms with Gasteiger partial charge in [-0.3, -0.25) is 0 Å². The summed E-state index contributed by atoms with van der Waals surface area (Å²) in [6.07, 6.45) is 1.43. The van der Waals surface area contributed by atoms with Crippen molar-refractivity contribution >= 4 is 23.2 Å². The van der Waals surface area contributed by atoms with Gasteiger partial charge in [0.25, 0.3) is 5.88 Å². The molecule has 3 nitrogen and oxygen atoms in total. The molecule has 0 atom stereocenters. The Morgan fingerprint density at radius 3 is 3.00 bits per heavy atom. The molecule has 0 saturated heterocycles. The van der Waals surface area contributed by atoms with Gasteiger partial charge in [0.15, 0.2) is 0 Å². The van der Waals surface area contributed by atoms with E-state index in [-0.39, 0.29) is 6.79 Å². The van der Waals surface area contributed by atoms with Crippen LogP contribution in [0.3, 0.4) is 0 Å². The second-order valence-corrected chi connectivity index (χ2v) is 2.75. The zero-order valence-corrected chi connectivity index (χ0v) is 6.82. The van der Waals surface area contributed by atoms with Gasteiger partial charge in [-0.1, -0.05) is 23.2 Å². The highest BCUT2D eigenvalue weighted by Crippen LogP contribution is 2.40. The molecule has 0 unspecified atom stereocenters. The third kappa shape index (κ3) is 1.01. The third-order valence-corrected chi connectivity index (χ3v) is 2.06. The Hall–Kier alpha value is -0.670. The predicted molar refractivity (Wildman–Crippen MR) is 40.4 cm³/mol. The van der Waals surface area contributed by atoms with Crippen LogP contribution in [-0.2, 0) is 0 Å². The molecule has 11 heavy (non-hydrogen) atoms. The molecular formula is C6H3Cl2NO2. The van der Waals surface area contributed by atoms with Crippen LogP contribution in [0.4, 0.5) is 0 Å². The van der Waals surface area contributed by atoms with Crippen molar-refractivity contribution in [1.29, 1.82) is 0 Å². The van der Waals surface area contributed by atoms with Gasteiger partial charge in [-0.05, 0) is 0 Å².